The summed E-state index contributed by atoms with van der Waals surface area (Å²) in [6.07, 6.45) is 2.35. The molecule has 3 rings (SSSR count). The van der Waals surface area contributed by atoms with E-state index in [2.05, 4.69) is 22.1 Å². The Balaban J connectivity index is 1.47. The van der Waals surface area contributed by atoms with E-state index in [0.29, 0.717) is 10.9 Å². The summed E-state index contributed by atoms with van der Waals surface area (Å²) in [5.74, 6) is 1.04. The summed E-state index contributed by atoms with van der Waals surface area (Å²) in [5, 5.41) is 5.45. The Hall–Kier alpha value is -1.44. The zero-order valence-electron chi connectivity index (χ0n) is 14.1. The number of nitrogens with one attached hydrogen (secondary N) is 1. The number of carbonyl (C=O) groups excluding carboxylic acids is 1. The van der Waals surface area contributed by atoms with Gasteiger partial charge in [0.15, 0.2) is 5.13 Å². The van der Waals surface area contributed by atoms with Crippen LogP contribution in [0.2, 0.25) is 0 Å². The molecule has 0 radical (unpaired) electrons. The van der Waals surface area contributed by atoms with Crippen molar-refractivity contribution in [2.24, 2.45) is 5.92 Å². The fourth-order valence-electron chi connectivity index (χ4n) is 2.64. The van der Waals surface area contributed by atoms with Crippen molar-refractivity contribution in [1.82, 2.24) is 9.88 Å². The van der Waals surface area contributed by atoms with E-state index < -0.39 is 0 Å². The lowest BCUT2D eigenvalue weighted by atomic mass is 10.00. The van der Waals surface area contributed by atoms with Crippen LogP contribution in [0.5, 0.6) is 0 Å². The van der Waals surface area contributed by atoms with Crippen molar-refractivity contribution in [3.63, 3.8) is 0 Å². The molecule has 0 spiro atoms. The fraction of sp³-hybridized carbons (Fsp3) is 0.389. The number of amides is 1. The maximum absolute atomic E-state index is 12.2. The number of likely N-dealkylation sites (tertiary alicyclic amines) is 1. The van der Waals surface area contributed by atoms with Crippen LogP contribution in [-0.4, -0.2) is 39.0 Å². The summed E-state index contributed by atoms with van der Waals surface area (Å²) >= 11 is 8.34. The van der Waals surface area contributed by atoms with Crippen LogP contribution in [0.1, 0.15) is 19.8 Å². The van der Waals surface area contributed by atoms with Crippen LogP contribution < -0.4 is 5.32 Å². The van der Waals surface area contributed by atoms with E-state index in [9.17, 15) is 4.79 Å². The Kier molecular flexibility index (Phi) is 6.45. The number of anilines is 1. The summed E-state index contributed by atoms with van der Waals surface area (Å²) in [4.78, 5) is 18.8. The van der Waals surface area contributed by atoms with Gasteiger partial charge in [-0.3, -0.25) is 4.79 Å². The monoisotopic (exact) mass is 391 g/mol. The number of hydrogen-bond acceptors (Lipinski definition) is 5. The second kappa shape index (κ2) is 8.78. The summed E-state index contributed by atoms with van der Waals surface area (Å²) < 4.78 is 0.825. The number of piperidine rings is 1. The molecule has 0 unspecified atom stereocenters. The van der Waals surface area contributed by atoms with Crippen LogP contribution in [0.15, 0.2) is 35.7 Å². The van der Waals surface area contributed by atoms with E-state index in [1.807, 2.05) is 35.7 Å². The number of thioether (sulfide) groups is 1. The van der Waals surface area contributed by atoms with E-state index in [4.69, 9.17) is 12.2 Å². The second-order valence-electron chi connectivity index (χ2n) is 6.18. The predicted octanol–water partition coefficient (Wildman–Crippen LogP) is 4.50. The molecule has 0 atom stereocenters. The summed E-state index contributed by atoms with van der Waals surface area (Å²) in [5.41, 5.74) is 1.93. The molecule has 4 nitrogen and oxygen atoms in total. The maximum atomic E-state index is 12.2. The van der Waals surface area contributed by atoms with Gasteiger partial charge in [-0.1, -0.05) is 61.2 Å². The Labute approximate surface area is 162 Å². The van der Waals surface area contributed by atoms with E-state index in [-0.39, 0.29) is 5.91 Å². The topological polar surface area (TPSA) is 45.2 Å². The third kappa shape index (κ3) is 5.26. The highest BCUT2D eigenvalue weighted by molar-refractivity contribution is 8.23. The number of aromatic nitrogens is 1. The lowest BCUT2D eigenvalue weighted by Gasteiger charge is -2.31. The summed E-state index contributed by atoms with van der Waals surface area (Å²) in [6.45, 7) is 4.28. The Morgan fingerprint density at radius 2 is 2.08 bits per heavy atom. The Morgan fingerprint density at radius 3 is 2.80 bits per heavy atom. The maximum Gasteiger partial charge on any atom is 0.236 e. The fourth-order valence-corrected chi connectivity index (χ4v) is 4.42. The third-order valence-electron chi connectivity index (χ3n) is 4.19. The van der Waals surface area contributed by atoms with Crippen molar-refractivity contribution in [2.75, 3.05) is 24.2 Å². The molecule has 25 heavy (non-hydrogen) atoms. The molecule has 1 N–H and O–H groups in total. The number of thiazole rings is 1. The smallest absolute Gasteiger partial charge is 0.236 e. The van der Waals surface area contributed by atoms with Gasteiger partial charge >= 0.3 is 0 Å². The van der Waals surface area contributed by atoms with Gasteiger partial charge in [-0.2, -0.15) is 0 Å². The number of rotatable bonds is 4. The van der Waals surface area contributed by atoms with E-state index in [0.717, 1.165) is 34.6 Å². The summed E-state index contributed by atoms with van der Waals surface area (Å²) in [6, 6.07) is 9.95. The van der Waals surface area contributed by atoms with Gasteiger partial charge in [0.1, 0.15) is 4.32 Å². The number of benzene rings is 1. The van der Waals surface area contributed by atoms with Crippen molar-refractivity contribution >= 4 is 50.7 Å². The van der Waals surface area contributed by atoms with Crippen molar-refractivity contribution in [3.8, 4) is 11.3 Å². The molecule has 1 saturated heterocycles. The summed E-state index contributed by atoms with van der Waals surface area (Å²) in [7, 11) is 0. The van der Waals surface area contributed by atoms with Crippen LogP contribution in [0.4, 0.5) is 5.13 Å². The SMILES string of the molecule is CC1CCN(C(=S)SCC(=O)Nc2nc(-c3ccccc3)cs2)CC1. The predicted molar refractivity (Wildman–Crippen MR) is 111 cm³/mol. The Morgan fingerprint density at radius 1 is 1.36 bits per heavy atom. The molecular weight excluding hydrogens is 370 g/mol. The molecule has 1 aromatic heterocycles. The first-order valence-corrected chi connectivity index (χ1v) is 10.6. The average molecular weight is 392 g/mol. The molecule has 1 aliphatic heterocycles. The van der Waals surface area contributed by atoms with Crippen molar-refractivity contribution < 1.29 is 4.79 Å². The van der Waals surface area contributed by atoms with Gasteiger partial charge in [0.05, 0.1) is 11.4 Å². The molecule has 7 heteroatoms. The zero-order chi connectivity index (χ0) is 17.6. The van der Waals surface area contributed by atoms with E-state index in [1.54, 1.807) is 0 Å². The molecular formula is C18H21N3OS3. The van der Waals surface area contributed by atoms with Gasteiger partial charge < -0.3 is 10.2 Å². The van der Waals surface area contributed by atoms with E-state index in [1.165, 1.54) is 35.9 Å². The second-order valence-corrected chi connectivity index (χ2v) is 8.64. The first-order valence-electron chi connectivity index (χ1n) is 8.34. The number of carbonyl (C=O) groups is 1. The highest BCUT2D eigenvalue weighted by atomic mass is 32.2. The Bertz CT molecular complexity index is 724. The standard InChI is InChI=1S/C18H21N3OS3/c1-13-7-9-21(10-8-13)18(23)25-12-16(22)20-17-19-15(11-24-17)14-5-3-2-4-6-14/h2-6,11,13H,7-10,12H2,1H3,(H,19,20,22). The molecule has 0 saturated carbocycles. The molecule has 1 aliphatic rings. The molecule has 1 amide bonds. The highest BCUT2D eigenvalue weighted by Gasteiger charge is 2.19. The van der Waals surface area contributed by atoms with Crippen molar-refractivity contribution in [3.05, 3.63) is 35.7 Å². The molecule has 132 valence electrons. The molecule has 0 aliphatic carbocycles. The van der Waals surface area contributed by atoms with Gasteiger partial charge in [-0.25, -0.2) is 4.98 Å². The molecule has 2 aromatic rings. The number of hydrogen-bond donors (Lipinski definition) is 1. The lowest BCUT2D eigenvalue weighted by molar-refractivity contribution is -0.113. The molecule has 1 aromatic carbocycles. The van der Waals surface area contributed by atoms with Gasteiger partial charge in [0, 0.05) is 24.0 Å². The van der Waals surface area contributed by atoms with Crippen LogP contribution in [0.25, 0.3) is 11.3 Å². The molecule has 0 bridgehead atoms. The quantitative estimate of drug-likeness (QED) is 0.778. The first kappa shape index (κ1) is 18.4. The highest BCUT2D eigenvalue weighted by Crippen LogP contribution is 2.25. The number of thiocarbonyl (C=S) groups is 1. The zero-order valence-corrected chi connectivity index (χ0v) is 16.6. The van der Waals surface area contributed by atoms with Crippen LogP contribution in [0.3, 0.4) is 0 Å². The van der Waals surface area contributed by atoms with Crippen molar-refractivity contribution in [2.45, 2.75) is 19.8 Å². The average Bonchev–Trinajstić information content (AvgIpc) is 3.09. The minimum Gasteiger partial charge on any atom is -0.357 e. The first-order chi connectivity index (χ1) is 12.1. The van der Waals surface area contributed by atoms with E-state index >= 15 is 0 Å². The molecule has 2 heterocycles. The lowest BCUT2D eigenvalue weighted by Crippen LogP contribution is -2.36. The number of nitrogens with zero attached hydrogens (tertiary/aromatic N) is 2. The minimum absolute atomic E-state index is 0.0633. The largest absolute Gasteiger partial charge is 0.357 e. The van der Waals surface area contributed by atoms with Gasteiger partial charge in [0.25, 0.3) is 0 Å². The third-order valence-corrected chi connectivity index (χ3v) is 6.47. The van der Waals surface area contributed by atoms with Gasteiger partial charge in [0.2, 0.25) is 5.91 Å². The minimum atomic E-state index is -0.0633. The van der Waals surface area contributed by atoms with Crippen LogP contribution >= 0.6 is 35.3 Å². The van der Waals surface area contributed by atoms with Gasteiger partial charge in [-0.05, 0) is 18.8 Å². The van der Waals surface area contributed by atoms with Crippen LogP contribution in [-0.2, 0) is 4.79 Å². The van der Waals surface area contributed by atoms with Crippen molar-refractivity contribution in [1.29, 1.82) is 0 Å². The van der Waals surface area contributed by atoms with Gasteiger partial charge in [-0.15, -0.1) is 11.3 Å². The molecule has 1 fully saturated rings. The van der Waals surface area contributed by atoms with Crippen LogP contribution in [0, 0.1) is 5.92 Å². The normalized spacial score (nSPS) is 15.2.